The van der Waals surface area contributed by atoms with Crippen molar-refractivity contribution < 1.29 is 13.2 Å². The molecule has 0 saturated heterocycles. The molecule has 0 aliphatic heterocycles. The van der Waals surface area contributed by atoms with E-state index in [1.165, 1.54) is 12.3 Å². The SMILES string of the molecule is CC(C)CCNc1cnnc(Nc2cc(C(F)(F)F)ccc2Cl)n1. The molecule has 1 heterocycles. The van der Waals surface area contributed by atoms with Crippen LogP contribution in [-0.2, 0) is 6.18 Å². The molecule has 0 radical (unpaired) electrons. The lowest BCUT2D eigenvalue weighted by atomic mass is 10.1. The highest BCUT2D eigenvalue weighted by molar-refractivity contribution is 6.33. The zero-order valence-corrected chi connectivity index (χ0v) is 13.9. The van der Waals surface area contributed by atoms with Crippen LogP contribution in [0.1, 0.15) is 25.8 Å². The van der Waals surface area contributed by atoms with Crippen molar-refractivity contribution in [2.24, 2.45) is 5.92 Å². The fourth-order valence-electron chi connectivity index (χ4n) is 1.85. The molecule has 1 aromatic heterocycles. The molecule has 2 aromatic rings. The Morgan fingerprint density at radius 2 is 2.00 bits per heavy atom. The van der Waals surface area contributed by atoms with Crippen LogP contribution in [0.4, 0.5) is 30.6 Å². The minimum absolute atomic E-state index is 0.0609. The van der Waals surface area contributed by atoms with Crippen LogP contribution in [0.15, 0.2) is 24.4 Å². The predicted octanol–water partition coefficient (Wildman–Crippen LogP) is 4.75. The summed E-state index contributed by atoms with van der Waals surface area (Å²) < 4.78 is 38.3. The first-order valence-corrected chi connectivity index (χ1v) is 7.71. The van der Waals surface area contributed by atoms with Crippen LogP contribution in [0.5, 0.6) is 0 Å². The Labute approximate surface area is 142 Å². The quantitative estimate of drug-likeness (QED) is 0.779. The lowest BCUT2D eigenvalue weighted by Gasteiger charge is -2.12. The van der Waals surface area contributed by atoms with Gasteiger partial charge in [-0.2, -0.15) is 23.3 Å². The van der Waals surface area contributed by atoms with Gasteiger partial charge in [-0.15, -0.1) is 5.10 Å². The molecule has 2 N–H and O–H groups in total. The van der Waals surface area contributed by atoms with E-state index >= 15 is 0 Å². The van der Waals surface area contributed by atoms with Crippen LogP contribution in [0.25, 0.3) is 0 Å². The zero-order valence-electron chi connectivity index (χ0n) is 13.2. The zero-order chi connectivity index (χ0) is 17.7. The van der Waals surface area contributed by atoms with Gasteiger partial charge in [-0.25, -0.2) is 0 Å². The third kappa shape index (κ3) is 5.23. The fraction of sp³-hybridized carbons (Fsp3) is 0.400. The van der Waals surface area contributed by atoms with Gasteiger partial charge in [0.15, 0.2) is 5.82 Å². The molecule has 0 bridgehead atoms. The van der Waals surface area contributed by atoms with Crippen LogP contribution >= 0.6 is 11.6 Å². The molecule has 5 nitrogen and oxygen atoms in total. The van der Waals surface area contributed by atoms with E-state index in [4.69, 9.17) is 11.6 Å². The standard InChI is InChI=1S/C15H17ClF3N5/c1-9(2)5-6-20-13-8-21-24-14(23-13)22-12-7-10(15(17,18)19)3-4-11(12)16/h3-4,7-9H,5-6H2,1-2H3,(H2,20,22,23,24). The summed E-state index contributed by atoms with van der Waals surface area (Å²) in [5.41, 5.74) is -0.749. The highest BCUT2D eigenvalue weighted by Crippen LogP contribution is 2.34. The molecular weight excluding hydrogens is 343 g/mol. The second-order valence-corrected chi connectivity index (χ2v) is 6.00. The fourth-order valence-corrected chi connectivity index (χ4v) is 2.01. The average molecular weight is 360 g/mol. The normalized spacial score (nSPS) is 11.6. The van der Waals surface area contributed by atoms with Crippen molar-refractivity contribution in [1.29, 1.82) is 0 Å². The van der Waals surface area contributed by atoms with Gasteiger partial charge in [0.05, 0.1) is 22.5 Å². The number of hydrogen-bond donors (Lipinski definition) is 2. The molecule has 0 aliphatic carbocycles. The number of anilines is 3. The van der Waals surface area contributed by atoms with Gasteiger partial charge in [-0.3, -0.25) is 0 Å². The first-order chi connectivity index (χ1) is 11.3. The summed E-state index contributed by atoms with van der Waals surface area (Å²) in [4.78, 5) is 4.16. The van der Waals surface area contributed by atoms with Gasteiger partial charge >= 0.3 is 6.18 Å². The summed E-state index contributed by atoms with van der Waals surface area (Å²) in [5, 5.41) is 13.4. The Kier molecular flexibility index (Phi) is 5.82. The number of nitrogens with zero attached hydrogens (tertiary/aromatic N) is 3. The van der Waals surface area contributed by atoms with Crippen molar-refractivity contribution in [3.05, 3.63) is 35.0 Å². The van der Waals surface area contributed by atoms with E-state index < -0.39 is 11.7 Å². The summed E-state index contributed by atoms with van der Waals surface area (Å²) >= 11 is 5.93. The van der Waals surface area contributed by atoms with E-state index in [9.17, 15) is 13.2 Å². The molecule has 0 atom stereocenters. The van der Waals surface area contributed by atoms with Crippen molar-refractivity contribution >= 4 is 29.1 Å². The molecular formula is C15H17ClF3N5. The van der Waals surface area contributed by atoms with Gasteiger partial charge in [0.1, 0.15) is 0 Å². The summed E-state index contributed by atoms with van der Waals surface area (Å²) in [6.45, 7) is 4.91. The van der Waals surface area contributed by atoms with Gasteiger partial charge in [-0.05, 0) is 30.5 Å². The molecule has 0 spiro atoms. The molecule has 9 heteroatoms. The molecule has 0 unspecified atom stereocenters. The average Bonchev–Trinajstić information content (AvgIpc) is 2.48. The maximum atomic E-state index is 12.8. The number of alkyl halides is 3. The number of benzene rings is 1. The van der Waals surface area contributed by atoms with Crippen molar-refractivity contribution in [2.45, 2.75) is 26.4 Å². The Morgan fingerprint density at radius 3 is 2.67 bits per heavy atom. The third-order valence-electron chi connectivity index (χ3n) is 3.13. The number of nitrogens with one attached hydrogen (secondary N) is 2. The van der Waals surface area contributed by atoms with Crippen molar-refractivity contribution in [3.8, 4) is 0 Å². The van der Waals surface area contributed by atoms with Gasteiger partial charge in [-0.1, -0.05) is 25.4 Å². The molecule has 130 valence electrons. The number of hydrogen-bond acceptors (Lipinski definition) is 5. The molecule has 2 rings (SSSR count). The van der Waals surface area contributed by atoms with Crippen LogP contribution < -0.4 is 10.6 Å². The molecule has 0 saturated carbocycles. The summed E-state index contributed by atoms with van der Waals surface area (Å²) in [6.07, 6.45) is -2.06. The Morgan fingerprint density at radius 1 is 1.25 bits per heavy atom. The van der Waals surface area contributed by atoms with Gasteiger partial charge in [0, 0.05) is 6.54 Å². The Hall–Kier alpha value is -2.09. The van der Waals surface area contributed by atoms with Crippen molar-refractivity contribution in [3.63, 3.8) is 0 Å². The summed E-state index contributed by atoms with van der Waals surface area (Å²) in [7, 11) is 0. The summed E-state index contributed by atoms with van der Waals surface area (Å²) in [5.74, 6) is 1.08. The van der Waals surface area contributed by atoms with E-state index in [2.05, 4.69) is 39.7 Å². The first-order valence-electron chi connectivity index (χ1n) is 7.33. The largest absolute Gasteiger partial charge is 0.416 e. The van der Waals surface area contributed by atoms with Crippen LogP contribution in [0.3, 0.4) is 0 Å². The molecule has 0 fully saturated rings. The predicted molar refractivity (Wildman–Crippen MR) is 87.5 cm³/mol. The van der Waals surface area contributed by atoms with Crippen LogP contribution in [0, 0.1) is 5.92 Å². The molecule has 1 aromatic carbocycles. The van der Waals surface area contributed by atoms with E-state index in [0.29, 0.717) is 18.3 Å². The second kappa shape index (κ2) is 7.65. The highest BCUT2D eigenvalue weighted by atomic mass is 35.5. The lowest BCUT2D eigenvalue weighted by molar-refractivity contribution is -0.137. The van der Waals surface area contributed by atoms with Gasteiger partial charge in [0.25, 0.3) is 0 Å². The number of aromatic nitrogens is 3. The Balaban J connectivity index is 2.13. The van der Waals surface area contributed by atoms with Gasteiger partial charge in [0.2, 0.25) is 5.95 Å². The maximum absolute atomic E-state index is 12.8. The molecule has 0 aliphatic rings. The van der Waals surface area contributed by atoms with E-state index in [1.54, 1.807) is 0 Å². The lowest BCUT2D eigenvalue weighted by Crippen LogP contribution is -2.09. The minimum atomic E-state index is -4.46. The smallest absolute Gasteiger partial charge is 0.369 e. The van der Waals surface area contributed by atoms with E-state index in [1.807, 2.05) is 0 Å². The minimum Gasteiger partial charge on any atom is -0.369 e. The summed E-state index contributed by atoms with van der Waals surface area (Å²) in [6, 6.07) is 2.99. The topological polar surface area (TPSA) is 62.7 Å². The highest BCUT2D eigenvalue weighted by Gasteiger charge is 2.31. The Bertz CT molecular complexity index is 691. The molecule has 0 amide bonds. The number of halogens is 4. The second-order valence-electron chi connectivity index (χ2n) is 5.59. The number of rotatable bonds is 6. The third-order valence-corrected chi connectivity index (χ3v) is 3.46. The van der Waals surface area contributed by atoms with E-state index in [-0.39, 0.29) is 16.7 Å². The van der Waals surface area contributed by atoms with Crippen LogP contribution in [-0.4, -0.2) is 21.7 Å². The van der Waals surface area contributed by atoms with Crippen LogP contribution in [0.2, 0.25) is 5.02 Å². The van der Waals surface area contributed by atoms with Crippen molar-refractivity contribution in [1.82, 2.24) is 15.2 Å². The van der Waals surface area contributed by atoms with Gasteiger partial charge < -0.3 is 10.6 Å². The monoisotopic (exact) mass is 359 g/mol. The first kappa shape index (κ1) is 18.3. The van der Waals surface area contributed by atoms with E-state index in [0.717, 1.165) is 18.6 Å². The maximum Gasteiger partial charge on any atom is 0.416 e. The molecule has 24 heavy (non-hydrogen) atoms. The van der Waals surface area contributed by atoms with Crippen molar-refractivity contribution in [2.75, 3.05) is 17.2 Å².